The molecule has 2 aromatic rings. The van der Waals surface area contributed by atoms with E-state index in [1.165, 1.54) is 0 Å². The summed E-state index contributed by atoms with van der Waals surface area (Å²) in [5, 5.41) is 3.12. The summed E-state index contributed by atoms with van der Waals surface area (Å²) < 4.78 is 0. The van der Waals surface area contributed by atoms with Gasteiger partial charge in [-0.3, -0.25) is 4.79 Å². The second kappa shape index (κ2) is 3.92. The van der Waals surface area contributed by atoms with Crippen molar-refractivity contribution >= 4 is 16.8 Å². The summed E-state index contributed by atoms with van der Waals surface area (Å²) in [6.07, 6.45) is 1.99. The van der Waals surface area contributed by atoms with E-state index in [1.54, 1.807) is 0 Å². The number of aromatic amines is 1. The largest absolute Gasteiger partial charge is 0.342 e. The van der Waals surface area contributed by atoms with Gasteiger partial charge in [-0.15, -0.1) is 0 Å². The summed E-state index contributed by atoms with van der Waals surface area (Å²) >= 11 is 0. The molecular weight excluding hydrogens is 226 g/mol. The number of aryl methyl sites for hydroxylation is 1. The van der Waals surface area contributed by atoms with Crippen LogP contribution in [0.5, 0.6) is 0 Å². The minimum absolute atomic E-state index is 0.155. The van der Waals surface area contributed by atoms with Gasteiger partial charge in [-0.05, 0) is 45.0 Å². The van der Waals surface area contributed by atoms with E-state index in [1.807, 2.05) is 32.2 Å². The van der Waals surface area contributed by atoms with Crippen molar-refractivity contribution in [3.63, 3.8) is 0 Å². The summed E-state index contributed by atoms with van der Waals surface area (Å²) in [6, 6.07) is 5.73. The van der Waals surface area contributed by atoms with E-state index < -0.39 is 0 Å². The van der Waals surface area contributed by atoms with Gasteiger partial charge in [0.15, 0.2) is 5.78 Å². The molecule has 0 radical (unpaired) electrons. The van der Waals surface area contributed by atoms with Crippen molar-refractivity contribution in [2.45, 2.75) is 19.8 Å². The van der Waals surface area contributed by atoms with E-state index >= 15 is 0 Å². The van der Waals surface area contributed by atoms with Crippen LogP contribution in [0.2, 0.25) is 0 Å². The number of nitrogens with one attached hydrogen (secondary N) is 2. The van der Waals surface area contributed by atoms with Crippen molar-refractivity contribution in [2.75, 3.05) is 13.6 Å². The number of fused-ring (bicyclic) bond motifs is 1. The molecule has 1 aromatic heterocycles. The Balaban J connectivity index is 1.96. The van der Waals surface area contributed by atoms with Gasteiger partial charge in [-0.1, -0.05) is 0 Å². The highest BCUT2D eigenvalue weighted by Gasteiger charge is 2.49. The molecule has 3 rings (SSSR count). The molecule has 1 aliphatic carbocycles. The molecule has 18 heavy (non-hydrogen) atoms. The molecule has 1 heterocycles. The Morgan fingerprint density at radius 3 is 2.94 bits per heavy atom. The third kappa shape index (κ3) is 1.73. The molecule has 4 nitrogen and oxygen atoms in total. The molecule has 94 valence electrons. The molecule has 1 saturated carbocycles. The number of imidazole rings is 1. The number of ketones is 1. The first-order chi connectivity index (χ1) is 8.64. The van der Waals surface area contributed by atoms with Gasteiger partial charge in [0.05, 0.1) is 11.0 Å². The van der Waals surface area contributed by atoms with Gasteiger partial charge in [0, 0.05) is 17.5 Å². The monoisotopic (exact) mass is 243 g/mol. The number of hydrogen-bond donors (Lipinski definition) is 2. The second-order valence-corrected chi connectivity index (χ2v) is 5.19. The van der Waals surface area contributed by atoms with Crippen LogP contribution in [-0.4, -0.2) is 29.3 Å². The van der Waals surface area contributed by atoms with Gasteiger partial charge in [-0.2, -0.15) is 0 Å². The maximum atomic E-state index is 12.5. The number of carbonyl (C=O) groups excluding carboxylic acids is 1. The summed E-state index contributed by atoms with van der Waals surface area (Å²) in [7, 11) is 1.90. The van der Waals surface area contributed by atoms with Crippen LogP contribution >= 0.6 is 0 Å². The third-order valence-corrected chi connectivity index (χ3v) is 3.71. The van der Waals surface area contributed by atoms with Crippen LogP contribution in [0.15, 0.2) is 18.2 Å². The maximum Gasteiger partial charge on any atom is 0.170 e. The lowest BCUT2D eigenvalue weighted by molar-refractivity contribution is 0.0900. The fourth-order valence-corrected chi connectivity index (χ4v) is 2.56. The fraction of sp³-hybridized carbons (Fsp3) is 0.429. The number of carbonyl (C=O) groups is 1. The Morgan fingerprint density at radius 2 is 2.28 bits per heavy atom. The first-order valence-corrected chi connectivity index (χ1v) is 6.30. The van der Waals surface area contributed by atoms with Crippen molar-refractivity contribution in [1.29, 1.82) is 0 Å². The zero-order valence-electron chi connectivity index (χ0n) is 10.7. The molecule has 1 aliphatic rings. The maximum absolute atomic E-state index is 12.5. The molecule has 0 amide bonds. The Labute approximate surface area is 106 Å². The number of aromatic nitrogens is 2. The molecular formula is C14H17N3O. The molecule has 1 fully saturated rings. The van der Waals surface area contributed by atoms with Gasteiger partial charge >= 0.3 is 0 Å². The number of nitrogens with zero attached hydrogens (tertiary/aromatic N) is 1. The number of benzene rings is 1. The van der Waals surface area contributed by atoms with Crippen LogP contribution in [0.1, 0.15) is 29.0 Å². The Bertz CT molecular complexity index is 611. The Morgan fingerprint density at radius 1 is 1.50 bits per heavy atom. The SMILES string of the molecule is CNCC1(C(=O)c2ccc3nc(C)[nH]c3c2)CC1. The van der Waals surface area contributed by atoms with Crippen LogP contribution in [0.25, 0.3) is 11.0 Å². The number of hydrogen-bond acceptors (Lipinski definition) is 3. The number of H-pyrrole nitrogens is 1. The van der Waals surface area contributed by atoms with E-state index in [9.17, 15) is 4.79 Å². The van der Waals surface area contributed by atoms with Gasteiger partial charge < -0.3 is 10.3 Å². The van der Waals surface area contributed by atoms with Crippen molar-refractivity contribution in [2.24, 2.45) is 5.41 Å². The van der Waals surface area contributed by atoms with Crippen LogP contribution in [0, 0.1) is 12.3 Å². The van der Waals surface area contributed by atoms with Crippen molar-refractivity contribution in [1.82, 2.24) is 15.3 Å². The van der Waals surface area contributed by atoms with Gasteiger partial charge in [-0.25, -0.2) is 4.98 Å². The lowest BCUT2D eigenvalue weighted by atomic mass is 9.94. The lowest BCUT2D eigenvalue weighted by Crippen LogP contribution is -2.27. The van der Waals surface area contributed by atoms with E-state index in [0.29, 0.717) is 0 Å². The molecule has 0 spiro atoms. The minimum Gasteiger partial charge on any atom is -0.342 e. The summed E-state index contributed by atoms with van der Waals surface area (Å²) in [5.41, 5.74) is 2.50. The number of rotatable bonds is 4. The highest BCUT2D eigenvalue weighted by Crippen LogP contribution is 2.47. The summed E-state index contributed by atoms with van der Waals surface area (Å²) in [6.45, 7) is 2.69. The summed E-state index contributed by atoms with van der Waals surface area (Å²) in [4.78, 5) is 20.0. The van der Waals surface area contributed by atoms with Crippen LogP contribution in [0.3, 0.4) is 0 Å². The van der Waals surface area contributed by atoms with Gasteiger partial charge in [0.2, 0.25) is 0 Å². The highest BCUT2D eigenvalue weighted by atomic mass is 16.1. The molecule has 0 unspecified atom stereocenters. The quantitative estimate of drug-likeness (QED) is 0.808. The van der Waals surface area contributed by atoms with Crippen molar-refractivity contribution in [3.05, 3.63) is 29.6 Å². The third-order valence-electron chi connectivity index (χ3n) is 3.71. The van der Waals surface area contributed by atoms with Gasteiger partial charge in [0.25, 0.3) is 0 Å². The predicted molar refractivity (Wildman–Crippen MR) is 70.8 cm³/mol. The van der Waals surface area contributed by atoms with Crippen LogP contribution in [-0.2, 0) is 0 Å². The lowest BCUT2D eigenvalue weighted by Gasteiger charge is -2.13. The second-order valence-electron chi connectivity index (χ2n) is 5.19. The molecule has 4 heteroatoms. The minimum atomic E-state index is -0.155. The standard InChI is InChI=1S/C14H17N3O/c1-9-16-11-4-3-10(7-12(11)17-9)13(18)14(5-6-14)8-15-2/h3-4,7,15H,5-6,8H2,1-2H3,(H,16,17). The van der Waals surface area contributed by atoms with E-state index in [-0.39, 0.29) is 11.2 Å². The highest BCUT2D eigenvalue weighted by molar-refractivity contribution is 6.04. The van der Waals surface area contributed by atoms with Crippen LogP contribution < -0.4 is 5.32 Å². The molecule has 2 N–H and O–H groups in total. The predicted octanol–water partition coefficient (Wildman–Crippen LogP) is 2.05. The van der Waals surface area contributed by atoms with Crippen LogP contribution in [0.4, 0.5) is 0 Å². The smallest absolute Gasteiger partial charge is 0.170 e. The Hall–Kier alpha value is -1.68. The zero-order chi connectivity index (χ0) is 12.8. The normalized spacial score (nSPS) is 17.0. The topological polar surface area (TPSA) is 57.8 Å². The summed E-state index contributed by atoms with van der Waals surface area (Å²) in [5.74, 6) is 1.14. The average Bonchev–Trinajstić information content (AvgIpc) is 3.02. The van der Waals surface area contributed by atoms with E-state index in [0.717, 1.165) is 41.8 Å². The fourth-order valence-electron chi connectivity index (χ4n) is 2.56. The molecule has 0 aliphatic heterocycles. The Kier molecular flexibility index (Phi) is 2.48. The molecule has 0 atom stereocenters. The van der Waals surface area contributed by atoms with E-state index in [4.69, 9.17) is 0 Å². The average molecular weight is 243 g/mol. The van der Waals surface area contributed by atoms with Crippen molar-refractivity contribution in [3.8, 4) is 0 Å². The van der Waals surface area contributed by atoms with Gasteiger partial charge in [0.1, 0.15) is 5.82 Å². The first kappa shape index (κ1) is 11.4. The molecule has 0 saturated heterocycles. The number of Topliss-reactive ketones (excluding diaryl/α,β-unsaturated/α-hetero) is 1. The molecule has 0 bridgehead atoms. The zero-order valence-corrected chi connectivity index (χ0v) is 10.7. The van der Waals surface area contributed by atoms with Crippen molar-refractivity contribution < 1.29 is 4.79 Å². The molecule has 1 aromatic carbocycles. The van der Waals surface area contributed by atoms with E-state index in [2.05, 4.69) is 15.3 Å². The first-order valence-electron chi connectivity index (χ1n) is 6.30.